The zero-order chi connectivity index (χ0) is 20.1. The summed E-state index contributed by atoms with van der Waals surface area (Å²) in [6, 6.07) is 2.27. The molecule has 1 aromatic rings. The highest BCUT2D eigenvalue weighted by molar-refractivity contribution is 8.18. The lowest BCUT2D eigenvalue weighted by molar-refractivity contribution is -0.150. The van der Waals surface area contributed by atoms with Gasteiger partial charge in [-0.1, -0.05) is 0 Å². The molecule has 1 aliphatic rings. The monoisotopic (exact) mass is 395 g/mol. The topological polar surface area (TPSA) is 91.4 Å². The molecule has 0 N–H and O–H groups in total. The van der Waals surface area contributed by atoms with Gasteiger partial charge in [-0.15, -0.1) is 0 Å². The highest BCUT2D eigenvalue weighted by Crippen LogP contribution is 2.40. The molecule has 1 heterocycles. The van der Waals surface area contributed by atoms with Crippen molar-refractivity contribution >= 4 is 35.0 Å². The Morgan fingerprint density at radius 3 is 2.22 bits per heavy atom. The smallest absolute Gasteiger partial charge is 0.329 e. The number of hydrogen-bond acceptors (Lipinski definition) is 8. The summed E-state index contributed by atoms with van der Waals surface area (Å²) in [7, 11) is 4.45. The van der Waals surface area contributed by atoms with Gasteiger partial charge in [-0.2, -0.15) is 0 Å². The molecule has 2 rings (SSSR count). The summed E-state index contributed by atoms with van der Waals surface area (Å²) in [4.78, 5) is 37.9. The minimum atomic E-state index is -1.01. The molecule has 1 fully saturated rings. The highest BCUT2D eigenvalue weighted by atomic mass is 32.2. The van der Waals surface area contributed by atoms with Crippen LogP contribution in [0.25, 0.3) is 6.08 Å². The third-order valence-electron chi connectivity index (χ3n) is 3.87. The average molecular weight is 395 g/mol. The Hall–Kier alpha value is -2.68. The molecule has 1 aromatic carbocycles. The fourth-order valence-electron chi connectivity index (χ4n) is 2.49. The van der Waals surface area contributed by atoms with Crippen LogP contribution in [-0.2, 0) is 14.3 Å². The van der Waals surface area contributed by atoms with Gasteiger partial charge in [-0.05, 0) is 31.7 Å². The quantitative estimate of drug-likeness (QED) is 0.514. The van der Waals surface area contributed by atoms with E-state index in [1.165, 1.54) is 34.3 Å². The van der Waals surface area contributed by atoms with E-state index < -0.39 is 23.2 Å². The first-order valence-electron chi connectivity index (χ1n) is 8.11. The van der Waals surface area contributed by atoms with E-state index in [2.05, 4.69) is 0 Å². The van der Waals surface area contributed by atoms with Gasteiger partial charge in [0.25, 0.3) is 11.1 Å². The Bertz CT molecular complexity index is 765. The van der Waals surface area contributed by atoms with Crippen LogP contribution in [0.15, 0.2) is 17.0 Å². The summed E-state index contributed by atoms with van der Waals surface area (Å²) in [5, 5.41) is -0.543. The second kappa shape index (κ2) is 8.81. The van der Waals surface area contributed by atoms with Gasteiger partial charge in [-0.3, -0.25) is 14.5 Å². The Morgan fingerprint density at radius 2 is 1.74 bits per heavy atom. The molecular formula is C18H21NO7S. The molecule has 1 aliphatic heterocycles. The minimum absolute atomic E-state index is 0.151. The first kappa shape index (κ1) is 20.6. The number of nitrogens with zero attached hydrogens (tertiary/aromatic N) is 1. The van der Waals surface area contributed by atoms with Crippen LogP contribution in [0.4, 0.5) is 4.79 Å². The molecule has 0 spiro atoms. The maximum atomic E-state index is 12.7. The molecule has 146 valence electrons. The van der Waals surface area contributed by atoms with Crippen molar-refractivity contribution in [1.29, 1.82) is 0 Å². The fraction of sp³-hybridized carbons (Fsp3) is 0.389. The molecule has 0 saturated carbocycles. The first-order chi connectivity index (χ1) is 12.9. The van der Waals surface area contributed by atoms with Crippen molar-refractivity contribution in [1.82, 2.24) is 4.90 Å². The summed E-state index contributed by atoms with van der Waals surface area (Å²) in [6.45, 7) is 3.27. The van der Waals surface area contributed by atoms with Crippen molar-refractivity contribution in [2.24, 2.45) is 0 Å². The molecule has 9 heteroatoms. The number of rotatable bonds is 7. The first-order valence-corrected chi connectivity index (χ1v) is 8.93. The van der Waals surface area contributed by atoms with Gasteiger partial charge in [0, 0.05) is 12.1 Å². The van der Waals surface area contributed by atoms with Crippen LogP contribution in [0.2, 0.25) is 0 Å². The van der Waals surface area contributed by atoms with Crippen LogP contribution in [-0.4, -0.2) is 56.0 Å². The Balaban J connectivity index is 2.42. The summed E-state index contributed by atoms with van der Waals surface area (Å²) < 4.78 is 20.8. The van der Waals surface area contributed by atoms with Crippen LogP contribution < -0.4 is 14.2 Å². The van der Waals surface area contributed by atoms with Gasteiger partial charge in [0.2, 0.25) is 0 Å². The molecule has 2 amide bonds. The number of hydrogen-bond donors (Lipinski definition) is 0. The number of carbonyl (C=O) groups is 3. The van der Waals surface area contributed by atoms with E-state index in [0.717, 1.165) is 16.7 Å². The van der Waals surface area contributed by atoms with Gasteiger partial charge >= 0.3 is 5.97 Å². The average Bonchev–Trinajstić information content (AvgIpc) is 2.94. The number of carbonyl (C=O) groups excluding carboxylic acids is 3. The SMILES string of the molecule is CCOC(=O)C(C)N1C(=O)S/C(=C/c2c(OC)cc(OC)cc2OC)C1=O. The lowest BCUT2D eigenvalue weighted by Gasteiger charge is -2.19. The largest absolute Gasteiger partial charge is 0.496 e. The van der Waals surface area contributed by atoms with Gasteiger partial charge in [0.1, 0.15) is 23.3 Å². The number of methoxy groups -OCH3 is 3. The summed E-state index contributed by atoms with van der Waals surface area (Å²) in [6.07, 6.45) is 1.50. The lowest BCUT2D eigenvalue weighted by Crippen LogP contribution is -2.42. The van der Waals surface area contributed by atoms with Crippen LogP contribution in [0, 0.1) is 0 Å². The maximum absolute atomic E-state index is 12.7. The molecule has 0 radical (unpaired) electrons. The van der Waals surface area contributed by atoms with Crippen molar-refractivity contribution in [2.75, 3.05) is 27.9 Å². The van der Waals surface area contributed by atoms with Crippen molar-refractivity contribution in [3.63, 3.8) is 0 Å². The van der Waals surface area contributed by atoms with Crippen molar-refractivity contribution in [3.8, 4) is 17.2 Å². The summed E-state index contributed by atoms with van der Waals surface area (Å²) >= 11 is 0.737. The highest BCUT2D eigenvalue weighted by Gasteiger charge is 2.41. The van der Waals surface area contributed by atoms with Crippen molar-refractivity contribution < 1.29 is 33.3 Å². The number of thioether (sulfide) groups is 1. The van der Waals surface area contributed by atoms with Gasteiger partial charge in [-0.25, -0.2) is 4.79 Å². The molecular weight excluding hydrogens is 374 g/mol. The zero-order valence-electron chi connectivity index (χ0n) is 15.7. The third-order valence-corrected chi connectivity index (χ3v) is 4.75. The lowest BCUT2D eigenvalue weighted by atomic mass is 10.1. The van der Waals surface area contributed by atoms with Gasteiger partial charge < -0.3 is 18.9 Å². The van der Waals surface area contributed by atoms with Gasteiger partial charge in [0.05, 0.1) is 38.4 Å². The van der Waals surface area contributed by atoms with E-state index in [1.807, 2.05) is 0 Å². The molecule has 27 heavy (non-hydrogen) atoms. The van der Waals surface area contributed by atoms with E-state index in [4.69, 9.17) is 18.9 Å². The normalized spacial score (nSPS) is 16.5. The molecule has 1 saturated heterocycles. The summed E-state index contributed by atoms with van der Waals surface area (Å²) in [5.74, 6) is 0.129. The summed E-state index contributed by atoms with van der Waals surface area (Å²) in [5.41, 5.74) is 0.482. The minimum Gasteiger partial charge on any atom is -0.496 e. The number of ether oxygens (including phenoxy) is 4. The maximum Gasteiger partial charge on any atom is 0.329 e. The van der Waals surface area contributed by atoms with Crippen LogP contribution in [0.1, 0.15) is 19.4 Å². The third kappa shape index (κ3) is 4.19. The van der Waals surface area contributed by atoms with E-state index in [-0.39, 0.29) is 11.5 Å². The van der Waals surface area contributed by atoms with Crippen LogP contribution in [0.3, 0.4) is 0 Å². The predicted octanol–water partition coefficient (Wildman–Crippen LogP) is 2.70. The Labute approximate surface area is 161 Å². The predicted molar refractivity (Wildman–Crippen MR) is 100 cm³/mol. The number of amides is 2. The number of esters is 1. The van der Waals surface area contributed by atoms with Gasteiger partial charge in [0.15, 0.2) is 0 Å². The number of benzene rings is 1. The molecule has 0 bridgehead atoms. The van der Waals surface area contributed by atoms with Crippen molar-refractivity contribution in [2.45, 2.75) is 19.9 Å². The Kier molecular flexibility index (Phi) is 6.73. The van der Waals surface area contributed by atoms with E-state index in [1.54, 1.807) is 19.1 Å². The molecule has 0 aromatic heterocycles. The second-order valence-electron chi connectivity index (χ2n) is 5.43. The molecule has 1 atom stereocenters. The zero-order valence-corrected chi connectivity index (χ0v) is 16.5. The van der Waals surface area contributed by atoms with Crippen molar-refractivity contribution in [3.05, 3.63) is 22.6 Å². The number of imide groups is 1. The van der Waals surface area contributed by atoms with E-state index >= 15 is 0 Å². The van der Waals surface area contributed by atoms with Crippen LogP contribution in [0.5, 0.6) is 17.2 Å². The molecule has 1 unspecified atom stereocenters. The standard InChI is InChI=1S/C18H21NO7S/c1-6-26-17(21)10(2)19-16(20)15(27-18(19)22)9-12-13(24-4)7-11(23-3)8-14(12)25-5/h7-10H,6H2,1-5H3/b15-9+. The Morgan fingerprint density at radius 1 is 1.15 bits per heavy atom. The second-order valence-corrected chi connectivity index (χ2v) is 6.42. The fourth-order valence-corrected chi connectivity index (χ4v) is 3.38. The molecule has 0 aliphatic carbocycles. The van der Waals surface area contributed by atoms with E-state index in [9.17, 15) is 14.4 Å². The van der Waals surface area contributed by atoms with Crippen LogP contribution >= 0.6 is 11.8 Å². The van der Waals surface area contributed by atoms with E-state index in [0.29, 0.717) is 22.8 Å². The molecule has 8 nitrogen and oxygen atoms in total.